The zero-order valence-corrected chi connectivity index (χ0v) is 17.0. The zero-order chi connectivity index (χ0) is 18.8. The second kappa shape index (κ2) is 7.88. The van der Waals surface area contributed by atoms with Gasteiger partial charge in [0.25, 0.3) is 5.56 Å². The highest BCUT2D eigenvalue weighted by molar-refractivity contribution is 7.18. The van der Waals surface area contributed by atoms with Crippen LogP contribution in [0.5, 0.6) is 0 Å². The third-order valence-corrected chi connectivity index (χ3v) is 6.44. The second-order valence-electron chi connectivity index (χ2n) is 6.93. The Kier molecular flexibility index (Phi) is 5.77. The Bertz CT molecular complexity index is 861. The average molecular weight is 377 g/mol. The molecule has 3 rings (SSSR count). The maximum atomic E-state index is 13.2. The number of carbonyl (C=O) groups is 1. The summed E-state index contributed by atoms with van der Waals surface area (Å²) in [6.45, 7) is 12.0. The minimum absolute atomic E-state index is 0.0227. The highest BCUT2D eigenvalue weighted by atomic mass is 32.1. The number of likely N-dealkylation sites (N-methyl/N-ethyl adjacent to an activating group) is 1. The van der Waals surface area contributed by atoms with Crippen LogP contribution in [0.25, 0.3) is 10.2 Å². The maximum Gasteiger partial charge on any atom is 0.263 e. The lowest BCUT2D eigenvalue weighted by Gasteiger charge is -2.22. The largest absolute Gasteiger partial charge is 0.342 e. The monoisotopic (exact) mass is 376 g/mol. The smallest absolute Gasteiger partial charge is 0.263 e. The summed E-state index contributed by atoms with van der Waals surface area (Å²) < 4.78 is 1.61. The van der Waals surface area contributed by atoms with Crippen LogP contribution in [0, 0.1) is 13.8 Å². The summed E-state index contributed by atoms with van der Waals surface area (Å²) in [5.74, 6) is 0.691. The first kappa shape index (κ1) is 19.0. The van der Waals surface area contributed by atoms with Crippen LogP contribution >= 0.6 is 11.3 Å². The van der Waals surface area contributed by atoms with Gasteiger partial charge in [-0.2, -0.15) is 0 Å². The predicted octanol–water partition coefficient (Wildman–Crippen LogP) is 2.54. The van der Waals surface area contributed by atoms with E-state index in [9.17, 15) is 9.59 Å². The Balaban J connectivity index is 2.07. The molecule has 3 heterocycles. The summed E-state index contributed by atoms with van der Waals surface area (Å²) in [6, 6.07) is 0. The van der Waals surface area contributed by atoms with E-state index < -0.39 is 0 Å². The number of thiophene rings is 1. The molecule has 2 aromatic rings. The molecule has 0 bridgehead atoms. The van der Waals surface area contributed by atoms with E-state index in [4.69, 9.17) is 4.98 Å². The van der Waals surface area contributed by atoms with Crippen LogP contribution in [0.3, 0.4) is 0 Å². The van der Waals surface area contributed by atoms with Crippen molar-refractivity contribution in [1.29, 1.82) is 0 Å². The molecule has 0 spiro atoms. The fourth-order valence-corrected chi connectivity index (χ4v) is 4.64. The lowest BCUT2D eigenvalue weighted by molar-refractivity contribution is -0.131. The normalized spacial score (nSPS) is 15.1. The van der Waals surface area contributed by atoms with E-state index in [2.05, 4.69) is 4.90 Å². The molecule has 6 nitrogen and oxygen atoms in total. The van der Waals surface area contributed by atoms with Gasteiger partial charge < -0.3 is 4.90 Å². The summed E-state index contributed by atoms with van der Waals surface area (Å²) >= 11 is 1.57. The van der Waals surface area contributed by atoms with Crippen LogP contribution in [0.2, 0.25) is 0 Å². The molecule has 1 aliphatic heterocycles. The minimum Gasteiger partial charge on any atom is -0.342 e. The molecule has 7 heteroatoms. The molecule has 26 heavy (non-hydrogen) atoms. The van der Waals surface area contributed by atoms with Crippen molar-refractivity contribution in [1.82, 2.24) is 19.4 Å². The minimum atomic E-state index is -0.0773. The van der Waals surface area contributed by atoms with Crippen LogP contribution in [0.1, 0.15) is 43.0 Å². The number of aryl methyl sites for hydroxylation is 2. The highest BCUT2D eigenvalue weighted by Gasteiger charge is 2.22. The number of amides is 1. The van der Waals surface area contributed by atoms with Crippen LogP contribution in [0.4, 0.5) is 0 Å². The SMILES string of the molecule is CCN(CC)C(=O)Cn1c(CN2CCCC2)nc2sc(C)c(C)c2c1=O. The molecule has 0 saturated carbocycles. The topological polar surface area (TPSA) is 58.4 Å². The van der Waals surface area contributed by atoms with Crippen molar-refractivity contribution < 1.29 is 4.79 Å². The van der Waals surface area contributed by atoms with E-state index in [1.165, 1.54) is 12.8 Å². The molecular formula is C19H28N4O2S. The summed E-state index contributed by atoms with van der Waals surface area (Å²) in [6.07, 6.45) is 2.37. The Morgan fingerprint density at radius 1 is 1.19 bits per heavy atom. The van der Waals surface area contributed by atoms with Gasteiger partial charge in [0.05, 0.1) is 11.9 Å². The fourth-order valence-electron chi connectivity index (χ4n) is 3.61. The molecule has 0 unspecified atom stereocenters. The van der Waals surface area contributed by atoms with E-state index in [1.807, 2.05) is 27.7 Å². The molecule has 1 saturated heterocycles. The van der Waals surface area contributed by atoms with Crippen LogP contribution in [-0.2, 0) is 17.9 Å². The Hall–Kier alpha value is -1.73. The predicted molar refractivity (Wildman–Crippen MR) is 106 cm³/mol. The third kappa shape index (κ3) is 3.55. The first-order valence-corrected chi connectivity index (χ1v) is 10.3. The standard InChI is InChI=1S/C19H28N4O2S/c1-5-22(6-2)16(24)12-23-15(11-21-9-7-8-10-21)20-18-17(19(23)25)13(3)14(4)26-18/h5-12H2,1-4H3. The summed E-state index contributed by atoms with van der Waals surface area (Å²) in [4.78, 5) is 36.7. The molecule has 142 valence electrons. The van der Waals surface area contributed by atoms with Crippen molar-refractivity contribution in [3.8, 4) is 0 Å². The number of fused-ring (bicyclic) bond motifs is 1. The van der Waals surface area contributed by atoms with Gasteiger partial charge >= 0.3 is 0 Å². The lowest BCUT2D eigenvalue weighted by Crippen LogP contribution is -2.38. The Morgan fingerprint density at radius 3 is 2.46 bits per heavy atom. The van der Waals surface area contributed by atoms with Gasteiger partial charge in [-0.1, -0.05) is 0 Å². The number of hydrogen-bond acceptors (Lipinski definition) is 5. The first-order valence-electron chi connectivity index (χ1n) is 9.45. The quantitative estimate of drug-likeness (QED) is 0.777. The molecule has 1 aliphatic rings. The van der Waals surface area contributed by atoms with Gasteiger partial charge in [-0.05, 0) is 59.2 Å². The van der Waals surface area contributed by atoms with Crippen molar-refractivity contribution in [2.45, 2.75) is 53.6 Å². The zero-order valence-electron chi connectivity index (χ0n) is 16.2. The van der Waals surface area contributed by atoms with Crippen molar-refractivity contribution in [3.63, 3.8) is 0 Å². The number of rotatable bonds is 6. The van der Waals surface area contributed by atoms with Gasteiger partial charge in [0.1, 0.15) is 17.2 Å². The van der Waals surface area contributed by atoms with E-state index >= 15 is 0 Å². The summed E-state index contributed by atoms with van der Waals surface area (Å²) in [7, 11) is 0. The van der Waals surface area contributed by atoms with Gasteiger partial charge in [-0.25, -0.2) is 4.98 Å². The van der Waals surface area contributed by atoms with Gasteiger partial charge in [-0.15, -0.1) is 11.3 Å². The molecule has 0 aromatic carbocycles. The first-order chi connectivity index (χ1) is 12.5. The average Bonchev–Trinajstić information content (AvgIpc) is 3.21. The van der Waals surface area contributed by atoms with Crippen molar-refractivity contribution in [2.75, 3.05) is 26.2 Å². The maximum absolute atomic E-state index is 13.2. The van der Waals surface area contributed by atoms with Crippen molar-refractivity contribution >= 4 is 27.5 Å². The van der Waals surface area contributed by atoms with Gasteiger partial charge in [0.15, 0.2) is 0 Å². The fraction of sp³-hybridized carbons (Fsp3) is 0.632. The summed E-state index contributed by atoms with van der Waals surface area (Å²) in [5, 5.41) is 0.671. The lowest BCUT2D eigenvalue weighted by atomic mass is 10.2. The van der Waals surface area contributed by atoms with Crippen LogP contribution in [-0.4, -0.2) is 51.4 Å². The Morgan fingerprint density at radius 2 is 1.85 bits per heavy atom. The van der Waals surface area contributed by atoms with Crippen LogP contribution in [0.15, 0.2) is 4.79 Å². The molecule has 1 amide bonds. The molecular weight excluding hydrogens is 348 g/mol. The molecule has 1 fully saturated rings. The van der Waals surface area contributed by atoms with E-state index in [1.54, 1.807) is 20.8 Å². The van der Waals surface area contributed by atoms with Gasteiger partial charge in [0, 0.05) is 18.0 Å². The third-order valence-electron chi connectivity index (χ3n) is 5.34. The number of hydrogen-bond donors (Lipinski definition) is 0. The second-order valence-corrected chi connectivity index (χ2v) is 8.14. The number of nitrogens with zero attached hydrogens (tertiary/aromatic N) is 4. The molecule has 2 aromatic heterocycles. The van der Waals surface area contributed by atoms with E-state index in [0.29, 0.717) is 30.8 Å². The highest BCUT2D eigenvalue weighted by Crippen LogP contribution is 2.26. The molecule has 0 aliphatic carbocycles. The molecule has 0 atom stereocenters. The van der Waals surface area contributed by atoms with Gasteiger partial charge in [0.2, 0.25) is 5.91 Å². The molecule has 0 N–H and O–H groups in total. The Labute approximate surface area is 158 Å². The number of aromatic nitrogens is 2. The van der Waals surface area contributed by atoms with Crippen LogP contribution < -0.4 is 5.56 Å². The van der Waals surface area contributed by atoms with Crippen molar-refractivity contribution in [2.24, 2.45) is 0 Å². The van der Waals surface area contributed by atoms with Crippen molar-refractivity contribution in [3.05, 3.63) is 26.6 Å². The van der Waals surface area contributed by atoms with E-state index in [-0.39, 0.29) is 18.0 Å². The number of carbonyl (C=O) groups excluding carboxylic acids is 1. The molecule has 0 radical (unpaired) electrons. The number of likely N-dealkylation sites (tertiary alicyclic amines) is 1. The summed E-state index contributed by atoms with van der Waals surface area (Å²) in [5.41, 5.74) is 0.908. The van der Waals surface area contributed by atoms with Gasteiger partial charge in [-0.3, -0.25) is 19.1 Å². The van der Waals surface area contributed by atoms with E-state index in [0.717, 1.165) is 28.4 Å².